The highest BCUT2D eigenvalue weighted by Gasteiger charge is 2.26. The quantitative estimate of drug-likeness (QED) is 0.835. The Hall–Kier alpha value is -2.13. The second-order valence-electron chi connectivity index (χ2n) is 4.32. The molecule has 19 heavy (non-hydrogen) atoms. The lowest BCUT2D eigenvalue weighted by molar-refractivity contribution is 0.614. The van der Waals surface area contributed by atoms with Gasteiger partial charge in [0.05, 0.1) is 4.91 Å². The van der Waals surface area contributed by atoms with Gasteiger partial charge in [-0.05, 0) is 17.2 Å². The first-order valence-corrected chi connectivity index (χ1v) is 7.51. The third-order valence-electron chi connectivity index (χ3n) is 3.06. The van der Waals surface area contributed by atoms with E-state index in [4.69, 9.17) is 0 Å². The molecule has 0 aromatic heterocycles. The van der Waals surface area contributed by atoms with Crippen molar-refractivity contribution >= 4 is 20.3 Å². The van der Waals surface area contributed by atoms with E-state index in [0.717, 1.165) is 16.7 Å². The summed E-state index contributed by atoms with van der Waals surface area (Å²) >= 11 is 0. The van der Waals surface area contributed by atoms with E-state index in [1.165, 1.54) is 5.41 Å². The molecule has 0 saturated carbocycles. The van der Waals surface area contributed by atoms with E-state index in [-0.39, 0.29) is 0 Å². The summed E-state index contributed by atoms with van der Waals surface area (Å²) < 4.78 is 24.4. The molecule has 2 aromatic rings. The Bertz CT molecular complexity index is 755. The average Bonchev–Trinajstić information content (AvgIpc) is 2.76. The van der Waals surface area contributed by atoms with E-state index in [0.29, 0.717) is 4.91 Å². The van der Waals surface area contributed by atoms with E-state index in [9.17, 15) is 8.42 Å². The minimum Gasteiger partial charge on any atom is -0.219 e. The molecule has 0 N–H and O–H groups in total. The van der Waals surface area contributed by atoms with Crippen LogP contribution in [0.3, 0.4) is 0 Å². The number of benzene rings is 2. The topological polar surface area (TPSA) is 34.1 Å². The van der Waals surface area contributed by atoms with Gasteiger partial charge in [0.2, 0.25) is 9.84 Å². The zero-order valence-corrected chi connectivity index (χ0v) is 11.0. The molecule has 0 spiro atoms. The van der Waals surface area contributed by atoms with Gasteiger partial charge in [0, 0.05) is 11.0 Å². The Morgan fingerprint density at radius 3 is 1.79 bits per heavy atom. The van der Waals surface area contributed by atoms with Crippen molar-refractivity contribution in [2.75, 3.05) is 0 Å². The molecule has 0 bridgehead atoms. The molecule has 3 heteroatoms. The standard InChI is InChI=1S/C16H12O2S/c17-19(18)12-11-15(13-7-3-1-4-8-13)16(19)14-9-5-2-6-10-14/h1-12H. The first-order valence-electron chi connectivity index (χ1n) is 5.97. The van der Waals surface area contributed by atoms with Crippen LogP contribution < -0.4 is 0 Å². The maximum atomic E-state index is 12.2. The highest BCUT2D eigenvalue weighted by molar-refractivity contribution is 8.04. The average molecular weight is 268 g/mol. The molecule has 0 saturated heterocycles. The molecular formula is C16H12O2S. The van der Waals surface area contributed by atoms with E-state index < -0.39 is 9.84 Å². The van der Waals surface area contributed by atoms with Crippen LogP contribution in [-0.2, 0) is 9.84 Å². The SMILES string of the molecule is O=S1(=O)C=CC(c2ccccc2)=C1c1ccccc1. The third-order valence-corrected chi connectivity index (χ3v) is 4.58. The predicted octanol–water partition coefficient (Wildman–Crippen LogP) is 3.50. The van der Waals surface area contributed by atoms with Gasteiger partial charge in [0.1, 0.15) is 0 Å². The Kier molecular flexibility index (Phi) is 2.84. The summed E-state index contributed by atoms with van der Waals surface area (Å²) in [5.74, 6) is 0. The lowest BCUT2D eigenvalue weighted by atomic mass is 10.0. The molecule has 1 heterocycles. The van der Waals surface area contributed by atoms with Crippen molar-refractivity contribution in [3.8, 4) is 0 Å². The number of sulfone groups is 1. The lowest BCUT2D eigenvalue weighted by Crippen LogP contribution is -1.97. The van der Waals surface area contributed by atoms with Gasteiger partial charge in [-0.2, -0.15) is 0 Å². The highest BCUT2D eigenvalue weighted by atomic mass is 32.2. The minimum atomic E-state index is -3.34. The van der Waals surface area contributed by atoms with Gasteiger partial charge < -0.3 is 0 Å². The zero-order valence-electron chi connectivity index (χ0n) is 10.2. The maximum Gasteiger partial charge on any atom is 0.201 e. The summed E-state index contributed by atoms with van der Waals surface area (Å²) in [5.41, 5.74) is 2.40. The van der Waals surface area contributed by atoms with Crippen molar-refractivity contribution in [1.82, 2.24) is 0 Å². The van der Waals surface area contributed by atoms with Crippen LogP contribution in [0.4, 0.5) is 0 Å². The van der Waals surface area contributed by atoms with Crippen molar-refractivity contribution in [2.45, 2.75) is 0 Å². The molecule has 3 rings (SSSR count). The maximum absolute atomic E-state index is 12.2. The van der Waals surface area contributed by atoms with Crippen molar-refractivity contribution in [3.63, 3.8) is 0 Å². The molecular weight excluding hydrogens is 256 g/mol. The fourth-order valence-corrected chi connectivity index (χ4v) is 3.62. The largest absolute Gasteiger partial charge is 0.219 e. The van der Waals surface area contributed by atoms with Crippen LogP contribution >= 0.6 is 0 Å². The van der Waals surface area contributed by atoms with Crippen molar-refractivity contribution in [3.05, 3.63) is 83.3 Å². The summed E-state index contributed by atoms with van der Waals surface area (Å²) in [4.78, 5) is 0.388. The minimum absolute atomic E-state index is 0.388. The summed E-state index contributed by atoms with van der Waals surface area (Å²) in [6.07, 6.45) is 1.67. The van der Waals surface area contributed by atoms with Crippen LogP contribution in [0, 0.1) is 0 Å². The molecule has 0 aliphatic carbocycles. The fraction of sp³-hybridized carbons (Fsp3) is 0. The molecule has 0 amide bonds. The molecule has 1 aliphatic heterocycles. The summed E-state index contributed by atoms with van der Waals surface area (Å²) in [5, 5.41) is 1.28. The van der Waals surface area contributed by atoms with Gasteiger partial charge in [-0.25, -0.2) is 8.42 Å². The zero-order chi connectivity index (χ0) is 13.3. The van der Waals surface area contributed by atoms with E-state index >= 15 is 0 Å². The molecule has 2 nitrogen and oxygen atoms in total. The van der Waals surface area contributed by atoms with Crippen LogP contribution in [0.25, 0.3) is 10.5 Å². The Balaban J connectivity index is 2.27. The molecule has 0 fully saturated rings. The second-order valence-corrected chi connectivity index (χ2v) is 6.09. The normalized spacial score (nSPS) is 16.8. The monoisotopic (exact) mass is 268 g/mol. The molecule has 0 atom stereocenters. The van der Waals surface area contributed by atoms with Crippen LogP contribution in [0.1, 0.15) is 11.1 Å². The molecule has 0 radical (unpaired) electrons. The Labute approximate surface area is 112 Å². The van der Waals surface area contributed by atoms with Gasteiger partial charge in [0.25, 0.3) is 0 Å². The van der Waals surface area contributed by atoms with Crippen molar-refractivity contribution < 1.29 is 8.42 Å². The summed E-state index contributed by atoms with van der Waals surface area (Å²) in [6, 6.07) is 18.8. The third kappa shape index (κ3) is 2.13. The smallest absolute Gasteiger partial charge is 0.201 e. The van der Waals surface area contributed by atoms with Gasteiger partial charge in [-0.1, -0.05) is 60.7 Å². The number of rotatable bonds is 2. The fourth-order valence-electron chi connectivity index (χ4n) is 2.21. The Morgan fingerprint density at radius 2 is 1.21 bits per heavy atom. The van der Waals surface area contributed by atoms with Crippen LogP contribution in [-0.4, -0.2) is 8.42 Å². The van der Waals surface area contributed by atoms with Crippen LogP contribution in [0.5, 0.6) is 0 Å². The summed E-state index contributed by atoms with van der Waals surface area (Å²) in [6.45, 7) is 0. The first kappa shape index (κ1) is 11.9. The highest BCUT2D eigenvalue weighted by Crippen LogP contribution is 2.37. The predicted molar refractivity (Wildman–Crippen MR) is 77.8 cm³/mol. The van der Waals surface area contributed by atoms with Crippen molar-refractivity contribution in [1.29, 1.82) is 0 Å². The van der Waals surface area contributed by atoms with E-state index in [1.807, 2.05) is 60.7 Å². The number of hydrogen-bond acceptors (Lipinski definition) is 2. The van der Waals surface area contributed by atoms with E-state index in [2.05, 4.69) is 0 Å². The molecule has 2 aromatic carbocycles. The van der Waals surface area contributed by atoms with Crippen LogP contribution in [0.15, 0.2) is 72.1 Å². The molecule has 1 aliphatic rings. The van der Waals surface area contributed by atoms with Gasteiger partial charge >= 0.3 is 0 Å². The second kappa shape index (κ2) is 4.52. The molecule has 94 valence electrons. The van der Waals surface area contributed by atoms with Crippen molar-refractivity contribution in [2.24, 2.45) is 0 Å². The van der Waals surface area contributed by atoms with Gasteiger partial charge in [-0.3, -0.25) is 0 Å². The number of allylic oxidation sites excluding steroid dienone is 2. The van der Waals surface area contributed by atoms with Gasteiger partial charge in [-0.15, -0.1) is 0 Å². The molecule has 0 unspecified atom stereocenters. The van der Waals surface area contributed by atoms with Gasteiger partial charge in [0.15, 0.2) is 0 Å². The number of hydrogen-bond donors (Lipinski definition) is 0. The van der Waals surface area contributed by atoms with E-state index in [1.54, 1.807) is 6.08 Å². The Morgan fingerprint density at radius 1 is 0.684 bits per heavy atom. The van der Waals surface area contributed by atoms with Crippen LogP contribution in [0.2, 0.25) is 0 Å². The summed E-state index contributed by atoms with van der Waals surface area (Å²) in [7, 11) is -3.34. The lowest BCUT2D eigenvalue weighted by Gasteiger charge is -2.07. The first-order chi connectivity index (χ1) is 9.18.